The fourth-order valence-corrected chi connectivity index (χ4v) is 5.84. The van der Waals surface area contributed by atoms with Crippen molar-refractivity contribution in [2.75, 3.05) is 11.3 Å². The minimum absolute atomic E-state index is 0.0153. The van der Waals surface area contributed by atoms with E-state index in [2.05, 4.69) is 25.2 Å². The van der Waals surface area contributed by atoms with Crippen molar-refractivity contribution in [2.24, 2.45) is 16.6 Å². The van der Waals surface area contributed by atoms with Crippen LogP contribution in [0.5, 0.6) is 0 Å². The summed E-state index contributed by atoms with van der Waals surface area (Å²) in [4.78, 5) is 50.0. The molecule has 0 spiro atoms. The van der Waals surface area contributed by atoms with E-state index in [1.165, 1.54) is 24.4 Å². The van der Waals surface area contributed by atoms with E-state index < -0.39 is 39.7 Å². The predicted octanol–water partition coefficient (Wildman–Crippen LogP) is 1.05. The van der Waals surface area contributed by atoms with Crippen LogP contribution in [0.2, 0.25) is 0 Å². The maximum atomic E-state index is 13.0. The Morgan fingerprint density at radius 1 is 1.29 bits per heavy atom. The number of aryl methyl sites for hydroxylation is 1. The van der Waals surface area contributed by atoms with Crippen molar-refractivity contribution in [1.29, 1.82) is 0 Å². The first-order chi connectivity index (χ1) is 18.0. The Bertz CT molecular complexity index is 1500. The summed E-state index contributed by atoms with van der Waals surface area (Å²) in [6, 6.07) is 6.56. The third-order valence-corrected chi connectivity index (χ3v) is 7.71. The van der Waals surface area contributed by atoms with Crippen molar-refractivity contribution in [2.45, 2.75) is 30.7 Å². The van der Waals surface area contributed by atoms with Crippen LogP contribution in [0.25, 0.3) is 0 Å². The molecule has 7 N–H and O–H groups in total. The SMILES string of the molecule is Cc1cc(CC(=O)N[C@@H](CCON=C(N)N)C(=O)c2nccs2)c(NS(=O)(=O)c2cccc(I)c2)c(=O)[nH]1. The van der Waals surface area contributed by atoms with Crippen LogP contribution in [-0.2, 0) is 26.1 Å². The van der Waals surface area contributed by atoms with E-state index in [1.807, 2.05) is 22.6 Å². The summed E-state index contributed by atoms with van der Waals surface area (Å²) in [6.07, 6.45) is 1.07. The molecule has 1 aromatic carbocycles. The molecule has 0 saturated carbocycles. The van der Waals surface area contributed by atoms with Gasteiger partial charge < -0.3 is 26.6 Å². The molecular weight excluding hydrogens is 649 g/mol. The van der Waals surface area contributed by atoms with Crippen molar-refractivity contribution >= 4 is 67.3 Å². The molecule has 38 heavy (non-hydrogen) atoms. The maximum Gasteiger partial charge on any atom is 0.272 e. The Labute approximate surface area is 235 Å². The molecule has 0 aliphatic carbocycles. The van der Waals surface area contributed by atoms with Crippen molar-refractivity contribution in [3.05, 3.63) is 72.1 Å². The largest absolute Gasteiger partial charge is 0.393 e. The number of oxime groups is 1. The highest BCUT2D eigenvalue weighted by Gasteiger charge is 2.26. The molecule has 0 aliphatic heterocycles. The number of carbonyl (C=O) groups excluding carboxylic acids is 2. The lowest BCUT2D eigenvalue weighted by molar-refractivity contribution is -0.121. The number of Topliss-reactive ketones (excluding diaryl/α,β-unsaturated/α-hetero) is 1. The number of hydrogen-bond donors (Lipinski definition) is 5. The number of ketones is 1. The highest BCUT2D eigenvalue weighted by molar-refractivity contribution is 14.1. The number of anilines is 1. The average Bonchev–Trinajstić information content (AvgIpc) is 3.37. The fraction of sp³-hybridized carbons (Fsp3) is 0.227. The van der Waals surface area contributed by atoms with E-state index in [9.17, 15) is 22.8 Å². The number of carbonyl (C=O) groups is 2. The third-order valence-electron chi connectivity index (χ3n) is 4.91. The number of aromatic amines is 1. The van der Waals surface area contributed by atoms with Crippen LogP contribution in [0, 0.1) is 10.5 Å². The summed E-state index contributed by atoms with van der Waals surface area (Å²) in [7, 11) is -4.13. The van der Waals surface area contributed by atoms with Crippen LogP contribution in [0.15, 0.2) is 56.8 Å². The zero-order valence-electron chi connectivity index (χ0n) is 19.9. The van der Waals surface area contributed by atoms with Gasteiger partial charge in [-0.2, -0.15) is 0 Å². The maximum absolute atomic E-state index is 13.0. The molecular formula is C22H24IN7O6S2. The quantitative estimate of drug-likeness (QED) is 0.0464. The van der Waals surface area contributed by atoms with Gasteiger partial charge in [-0.3, -0.25) is 19.1 Å². The Morgan fingerprint density at radius 2 is 2.05 bits per heavy atom. The zero-order chi connectivity index (χ0) is 27.9. The van der Waals surface area contributed by atoms with E-state index in [0.717, 1.165) is 11.3 Å². The summed E-state index contributed by atoms with van der Waals surface area (Å²) in [5.74, 6) is -1.40. The highest BCUT2D eigenvalue weighted by Crippen LogP contribution is 2.20. The first kappa shape index (κ1) is 29.1. The second kappa shape index (κ2) is 12.8. The molecule has 0 bridgehead atoms. The van der Waals surface area contributed by atoms with Crippen LogP contribution in [0.1, 0.15) is 27.5 Å². The normalized spacial score (nSPS) is 11.8. The summed E-state index contributed by atoms with van der Waals surface area (Å²) >= 11 is 3.08. The number of thiazole rings is 1. The molecule has 1 atom stereocenters. The lowest BCUT2D eigenvalue weighted by Crippen LogP contribution is -2.42. The minimum atomic E-state index is -4.13. The smallest absolute Gasteiger partial charge is 0.272 e. The van der Waals surface area contributed by atoms with Gasteiger partial charge >= 0.3 is 0 Å². The predicted molar refractivity (Wildman–Crippen MR) is 150 cm³/mol. The van der Waals surface area contributed by atoms with Crippen LogP contribution >= 0.6 is 33.9 Å². The molecule has 202 valence electrons. The van der Waals surface area contributed by atoms with Crippen molar-refractivity contribution in [1.82, 2.24) is 15.3 Å². The molecule has 3 aromatic rings. The zero-order valence-corrected chi connectivity index (χ0v) is 23.7. The van der Waals surface area contributed by atoms with Crippen LogP contribution in [0.4, 0.5) is 5.69 Å². The van der Waals surface area contributed by atoms with Gasteiger partial charge in [-0.05, 0) is 64.5 Å². The first-order valence-electron chi connectivity index (χ1n) is 10.9. The van der Waals surface area contributed by atoms with Crippen molar-refractivity contribution in [3.8, 4) is 0 Å². The Balaban J connectivity index is 1.83. The molecule has 0 unspecified atom stereocenters. The summed E-state index contributed by atoms with van der Waals surface area (Å²) in [5.41, 5.74) is 9.95. The first-order valence-corrected chi connectivity index (χ1v) is 14.4. The second-order valence-corrected chi connectivity index (χ2v) is 11.7. The number of H-pyrrole nitrogens is 1. The van der Waals surface area contributed by atoms with Gasteiger partial charge in [-0.25, -0.2) is 13.4 Å². The molecule has 13 nitrogen and oxygen atoms in total. The number of nitrogens with two attached hydrogens (primary N) is 2. The number of pyridine rings is 1. The van der Waals surface area contributed by atoms with Gasteiger partial charge in [0.2, 0.25) is 17.6 Å². The third kappa shape index (κ3) is 7.99. The molecule has 0 aliphatic rings. The Kier molecular flexibility index (Phi) is 9.81. The number of rotatable bonds is 12. The van der Waals surface area contributed by atoms with Crippen LogP contribution in [-0.4, -0.2) is 48.7 Å². The van der Waals surface area contributed by atoms with Gasteiger partial charge in [0.15, 0.2) is 5.01 Å². The minimum Gasteiger partial charge on any atom is -0.393 e. The van der Waals surface area contributed by atoms with Gasteiger partial charge in [0.05, 0.1) is 17.4 Å². The molecule has 0 radical (unpaired) electrons. The number of guanidine groups is 1. The standard InChI is InChI=1S/C22H24IN7O6S2/c1-12-9-13(18(20(33)27-12)30-38(34,35)15-4-2-3-14(23)11-15)10-17(31)28-16(5-7-36-29-22(24)25)19(32)21-26-6-8-37-21/h2-4,6,8-9,11,16,30H,5,7,10H2,1H3,(H,27,33)(H,28,31)(H4,24,25,29)/t16-/m0/s1. The topological polar surface area (TPSA) is 212 Å². The molecule has 3 rings (SSSR count). The van der Waals surface area contributed by atoms with E-state index in [1.54, 1.807) is 24.4 Å². The van der Waals surface area contributed by atoms with Crippen molar-refractivity contribution in [3.63, 3.8) is 0 Å². The second-order valence-electron chi connectivity index (χ2n) is 7.88. The lowest BCUT2D eigenvalue weighted by atomic mass is 10.1. The average molecular weight is 674 g/mol. The number of aromatic nitrogens is 2. The van der Waals surface area contributed by atoms with Gasteiger partial charge in [0.25, 0.3) is 15.6 Å². The summed E-state index contributed by atoms with van der Waals surface area (Å²) in [6.45, 7) is 1.50. The monoisotopic (exact) mass is 673 g/mol. The van der Waals surface area contributed by atoms with Crippen molar-refractivity contribution < 1.29 is 22.8 Å². The van der Waals surface area contributed by atoms with E-state index in [0.29, 0.717) is 9.26 Å². The number of benzene rings is 1. The number of nitrogens with zero attached hydrogens (tertiary/aromatic N) is 2. The highest BCUT2D eigenvalue weighted by atomic mass is 127. The van der Waals surface area contributed by atoms with E-state index >= 15 is 0 Å². The number of hydrogen-bond acceptors (Lipinski definition) is 9. The summed E-state index contributed by atoms with van der Waals surface area (Å²) < 4.78 is 28.9. The van der Waals surface area contributed by atoms with E-state index in [4.69, 9.17) is 16.3 Å². The Morgan fingerprint density at radius 3 is 2.71 bits per heavy atom. The molecule has 0 saturated heterocycles. The number of nitrogens with one attached hydrogen (secondary N) is 3. The fourth-order valence-electron chi connectivity index (χ4n) is 3.31. The Hall–Kier alpha value is -3.51. The molecule has 16 heteroatoms. The van der Waals surface area contributed by atoms with Crippen LogP contribution < -0.4 is 27.1 Å². The van der Waals surface area contributed by atoms with Crippen LogP contribution in [0.3, 0.4) is 0 Å². The summed E-state index contributed by atoms with van der Waals surface area (Å²) in [5, 5.41) is 7.79. The van der Waals surface area contributed by atoms with Gasteiger partial charge in [0.1, 0.15) is 12.3 Å². The molecule has 2 heterocycles. The van der Waals surface area contributed by atoms with Gasteiger partial charge in [0, 0.05) is 27.3 Å². The van der Waals surface area contributed by atoms with Gasteiger partial charge in [-0.1, -0.05) is 6.07 Å². The lowest BCUT2D eigenvalue weighted by Gasteiger charge is -2.17. The molecule has 0 fully saturated rings. The molecule has 2 aromatic heterocycles. The number of amides is 1. The van der Waals surface area contributed by atoms with Gasteiger partial charge in [-0.15, -0.1) is 11.3 Å². The number of halogens is 1. The molecule has 1 amide bonds. The van der Waals surface area contributed by atoms with E-state index in [-0.39, 0.29) is 40.1 Å². The number of sulfonamides is 1.